The maximum Gasteiger partial charge on any atom is 0.412 e. The highest BCUT2D eigenvalue weighted by Gasteiger charge is 2.32. The monoisotopic (exact) mass is 318 g/mol. The van der Waals surface area contributed by atoms with Crippen molar-refractivity contribution in [3.05, 3.63) is 34.9 Å². The molecule has 0 aromatic carbocycles. The van der Waals surface area contributed by atoms with E-state index in [1.165, 1.54) is 12.3 Å². The summed E-state index contributed by atoms with van der Waals surface area (Å²) in [6, 6.07) is 0. The minimum Gasteiger partial charge on any atom is -0.249 e. The summed E-state index contributed by atoms with van der Waals surface area (Å²) in [6.07, 6.45) is 2.83. The Morgan fingerprint density at radius 3 is 2.52 bits per heavy atom. The van der Waals surface area contributed by atoms with Crippen LogP contribution < -0.4 is 4.72 Å². The predicted octanol–water partition coefficient (Wildman–Crippen LogP) is 3.23. The van der Waals surface area contributed by atoms with Crippen LogP contribution in [0.3, 0.4) is 0 Å². The van der Waals surface area contributed by atoms with Crippen LogP contribution in [0.15, 0.2) is 34.9 Å². The number of nitrogens with zero attached hydrogens (tertiary/aromatic N) is 1. The average molecular weight is 318 g/mol. The Morgan fingerprint density at radius 1 is 1.38 bits per heavy atom. The van der Waals surface area contributed by atoms with Crippen molar-refractivity contribution in [3.63, 3.8) is 0 Å². The quantitative estimate of drug-likeness (QED) is 0.483. The third kappa shape index (κ3) is 4.67. The van der Waals surface area contributed by atoms with Crippen LogP contribution in [0.2, 0.25) is 0 Å². The number of halogens is 3. The molecule has 21 heavy (non-hydrogen) atoms. The Kier molecular flexibility index (Phi) is 5.29. The van der Waals surface area contributed by atoms with Crippen LogP contribution in [-0.2, 0) is 9.71 Å². The van der Waals surface area contributed by atoms with E-state index in [1.54, 1.807) is 26.1 Å². The maximum atomic E-state index is 12.8. The Bertz CT molecular complexity index is 669. The van der Waals surface area contributed by atoms with Crippen LogP contribution in [0, 0.1) is 11.5 Å². The molecule has 0 saturated heterocycles. The lowest BCUT2D eigenvalue weighted by atomic mass is 9.98. The number of nitrogens with one attached hydrogen (secondary N) is 1. The minimum atomic E-state index is -4.37. The molecule has 1 rings (SSSR count). The summed E-state index contributed by atoms with van der Waals surface area (Å²) in [7, 11) is -2.78. The summed E-state index contributed by atoms with van der Waals surface area (Å²) >= 11 is 0. The van der Waals surface area contributed by atoms with E-state index in [0.29, 0.717) is 10.4 Å². The van der Waals surface area contributed by atoms with Gasteiger partial charge in [-0.05, 0) is 32.3 Å². The van der Waals surface area contributed by atoms with Crippen molar-refractivity contribution in [3.8, 4) is 6.19 Å². The largest absolute Gasteiger partial charge is 0.412 e. The van der Waals surface area contributed by atoms with Crippen LogP contribution in [0.25, 0.3) is 0 Å². The highest BCUT2D eigenvalue weighted by atomic mass is 32.2. The van der Waals surface area contributed by atoms with E-state index in [9.17, 15) is 17.4 Å². The standard InChI is InChI=1S/C14H17F3N2OS/c1-10-4-6-13(14(15,16)17)7-5-12(8-10)11(2)21(3,20)19-9-18/h5,7-8H,4,6H2,1-3H3,(H,19,20)/b10-8?,12-5+,13-7?. The van der Waals surface area contributed by atoms with Gasteiger partial charge in [0, 0.05) is 16.7 Å². The Hall–Kier alpha value is -1.68. The number of nitriles is 1. The molecule has 1 atom stereocenters. The third-order valence-electron chi connectivity index (χ3n) is 3.25. The van der Waals surface area contributed by atoms with Gasteiger partial charge in [-0.3, -0.25) is 0 Å². The first kappa shape index (κ1) is 17.4. The zero-order valence-electron chi connectivity index (χ0n) is 12.0. The molecule has 1 N–H and O–H groups in total. The lowest BCUT2D eigenvalue weighted by Gasteiger charge is -2.16. The second-order valence-corrected chi connectivity index (χ2v) is 7.42. The van der Waals surface area contributed by atoms with Crippen molar-refractivity contribution in [2.75, 3.05) is 6.26 Å². The fraction of sp³-hybridized carbons (Fsp3) is 0.429. The smallest absolute Gasteiger partial charge is 0.249 e. The Morgan fingerprint density at radius 2 is 2.00 bits per heavy atom. The summed E-state index contributed by atoms with van der Waals surface area (Å²) < 4.78 is 53.0. The van der Waals surface area contributed by atoms with E-state index in [-0.39, 0.29) is 12.8 Å². The minimum absolute atomic E-state index is 0.0768. The van der Waals surface area contributed by atoms with Crippen molar-refractivity contribution in [2.24, 2.45) is 0 Å². The SMILES string of the molecule is CC1=C/C(C(C)=S(C)(=O)NC#N)=C\C=C(C(F)(F)F)CC1. The van der Waals surface area contributed by atoms with Crippen molar-refractivity contribution >= 4 is 14.6 Å². The lowest BCUT2D eigenvalue weighted by molar-refractivity contribution is -0.0939. The van der Waals surface area contributed by atoms with Gasteiger partial charge in [-0.25, -0.2) is 8.93 Å². The summed E-state index contributed by atoms with van der Waals surface area (Å²) in [6.45, 7) is 3.28. The Labute approximate surface area is 123 Å². The van der Waals surface area contributed by atoms with Gasteiger partial charge in [-0.2, -0.15) is 18.4 Å². The molecule has 0 radical (unpaired) electrons. The van der Waals surface area contributed by atoms with Gasteiger partial charge in [0.1, 0.15) is 0 Å². The van der Waals surface area contributed by atoms with Crippen LogP contribution in [-0.4, -0.2) is 21.5 Å². The lowest BCUT2D eigenvalue weighted by Crippen LogP contribution is -2.24. The van der Waals surface area contributed by atoms with E-state index in [0.717, 1.165) is 11.6 Å². The van der Waals surface area contributed by atoms with Crippen LogP contribution >= 0.6 is 0 Å². The van der Waals surface area contributed by atoms with Gasteiger partial charge in [-0.15, -0.1) is 0 Å². The molecule has 116 valence electrons. The van der Waals surface area contributed by atoms with E-state index >= 15 is 0 Å². The molecule has 3 nitrogen and oxygen atoms in total. The highest BCUT2D eigenvalue weighted by Crippen LogP contribution is 2.31. The van der Waals surface area contributed by atoms with E-state index in [1.807, 2.05) is 0 Å². The molecule has 0 aromatic rings. The summed E-state index contributed by atoms with van der Waals surface area (Å²) in [4.78, 5) is 0.350. The molecular formula is C14H17F3N2OS. The van der Waals surface area contributed by atoms with Gasteiger partial charge in [-0.1, -0.05) is 23.8 Å². The van der Waals surface area contributed by atoms with Crippen LogP contribution in [0.1, 0.15) is 26.7 Å². The first-order valence-electron chi connectivity index (χ1n) is 6.22. The highest BCUT2D eigenvalue weighted by molar-refractivity contribution is 8.00. The number of allylic oxidation sites excluding steroid dienone is 6. The molecule has 1 unspecified atom stereocenters. The number of hydrogen-bond acceptors (Lipinski definition) is 2. The molecule has 1 aliphatic carbocycles. The topological polar surface area (TPSA) is 52.9 Å². The second kappa shape index (κ2) is 6.39. The molecule has 0 saturated carbocycles. The normalized spacial score (nSPS) is 21.5. The van der Waals surface area contributed by atoms with Crippen molar-refractivity contribution in [1.82, 2.24) is 4.72 Å². The molecule has 0 aliphatic heterocycles. The molecule has 0 spiro atoms. The van der Waals surface area contributed by atoms with Gasteiger partial charge >= 0.3 is 6.18 Å². The first-order valence-corrected chi connectivity index (χ1v) is 8.19. The van der Waals surface area contributed by atoms with Gasteiger partial charge in [0.25, 0.3) is 0 Å². The number of rotatable bonds is 2. The summed E-state index contributed by atoms with van der Waals surface area (Å²) in [5, 5.41) is 8.60. The fourth-order valence-corrected chi connectivity index (χ4v) is 2.74. The molecular weight excluding hydrogens is 301 g/mol. The molecule has 7 heteroatoms. The number of alkyl halides is 3. The predicted molar refractivity (Wildman–Crippen MR) is 78.7 cm³/mol. The molecule has 0 amide bonds. The molecule has 0 aromatic heterocycles. The van der Waals surface area contributed by atoms with Crippen LogP contribution in [0.5, 0.6) is 0 Å². The van der Waals surface area contributed by atoms with Gasteiger partial charge in [0.05, 0.1) is 9.71 Å². The third-order valence-corrected chi connectivity index (χ3v) is 5.14. The van der Waals surface area contributed by atoms with Gasteiger partial charge in [0.2, 0.25) is 0 Å². The van der Waals surface area contributed by atoms with Crippen molar-refractivity contribution in [1.29, 1.82) is 5.26 Å². The second-order valence-electron chi connectivity index (χ2n) is 4.92. The van der Waals surface area contributed by atoms with Gasteiger partial charge < -0.3 is 0 Å². The zero-order chi connectivity index (χ0) is 16.3. The molecule has 1 aliphatic rings. The van der Waals surface area contributed by atoms with Crippen molar-refractivity contribution in [2.45, 2.75) is 32.9 Å². The van der Waals surface area contributed by atoms with Crippen molar-refractivity contribution < 1.29 is 17.4 Å². The summed E-state index contributed by atoms with van der Waals surface area (Å²) in [5.41, 5.74) is 0.586. The molecule has 0 bridgehead atoms. The maximum absolute atomic E-state index is 12.8. The van der Waals surface area contributed by atoms with E-state index in [4.69, 9.17) is 5.26 Å². The first-order chi connectivity index (χ1) is 9.58. The van der Waals surface area contributed by atoms with E-state index < -0.39 is 21.5 Å². The average Bonchev–Trinajstić information content (AvgIpc) is 2.31. The zero-order valence-corrected chi connectivity index (χ0v) is 12.9. The molecule has 0 fully saturated rings. The molecule has 0 heterocycles. The number of hydrogen-bond donors (Lipinski definition) is 1. The van der Waals surface area contributed by atoms with E-state index in [2.05, 4.69) is 4.72 Å². The van der Waals surface area contributed by atoms with Crippen LogP contribution in [0.4, 0.5) is 13.2 Å². The summed E-state index contributed by atoms with van der Waals surface area (Å²) in [5.74, 6) is 0. The fourth-order valence-electron chi connectivity index (χ4n) is 1.84. The Balaban J connectivity index is 3.42. The van der Waals surface area contributed by atoms with Gasteiger partial charge in [0.15, 0.2) is 6.19 Å².